The minimum atomic E-state index is -3.78. The third-order valence-corrected chi connectivity index (χ3v) is 6.43. The average Bonchev–Trinajstić information content (AvgIpc) is 3.37. The number of carbonyl (C=O) groups is 2. The molecule has 4 rings (SSSR count). The highest BCUT2D eigenvalue weighted by atomic mass is 32.2. The Hall–Kier alpha value is -3.48. The van der Waals surface area contributed by atoms with Gasteiger partial charge in [-0.15, -0.1) is 0 Å². The van der Waals surface area contributed by atoms with Gasteiger partial charge in [0.1, 0.15) is 11.3 Å². The molecule has 3 aromatic rings. The molecule has 1 aliphatic heterocycles. The highest BCUT2D eigenvalue weighted by molar-refractivity contribution is 7.90. The van der Waals surface area contributed by atoms with Crippen LogP contribution in [0.4, 0.5) is 4.79 Å². The second-order valence-corrected chi connectivity index (χ2v) is 11.6. The molecular formula is C22H29N7O5S. The monoisotopic (exact) mass is 503 g/mol. The second-order valence-electron chi connectivity index (χ2n) is 9.68. The van der Waals surface area contributed by atoms with Crippen LogP contribution in [0.5, 0.6) is 0 Å². The fraction of sp³-hybridized carbons (Fsp3) is 0.500. The Morgan fingerprint density at radius 3 is 2.57 bits per heavy atom. The number of rotatable bonds is 4. The minimum Gasteiger partial charge on any atom is -0.444 e. The zero-order chi connectivity index (χ0) is 25.5. The van der Waals surface area contributed by atoms with Crippen molar-refractivity contribution in [3.63, 3.8) is 0 Å². The zero-order valence-electron chi connectivity index (χ0n) is 20.3. The SMILES string of the molecule is Cn1cc(-c2cnc3c(S(C)(=O)=O)nc(C(=O)NC4CCCN(C(=O)OC(C)(C)C)C4)cn23)cn1. The van der Waals surface area contributed by atoms with E-state index < -0.39 is 27.4 Å². The molecule has 0 aromatic carbocycles. The summed E-state index contributed by atoms with van der Waals surface area (Å²) in [5.41, 5.74) is 0.707. The number of nitrogens with one attached hydrogen (secondary N) is 1. The summed E-state index contributed by atoms with van der Waals surface area (Å²) in [5, 5.41) is 6.74. The summed E-state index contributed by atoms with van der Waals surface area (Å²) in [5.74, 6) is -0.543. The van der Waals surface area contributed by atoms with Crippen molar-refractivity contribution in [3.8, 4) is 11.3 Å². The van der Waals surface area contributed by atoms with Crippen molar-refractivity contribution in [2.24, 2.45) is 7.05 Å². The van der Waals surface area contributed by atoms with Gasteiger partial charge in [0.25, 0.3) is 5.91 Å². The fourth-order valence-corrected chi connectivity index (χ4v) is 4.68. The minimum absolute atomic E-state index is 0.0737. The molecule has 13 heteroatoms. The largest absolute Gasteiger partial charge is 0.444 e. The van der Waals surface area contributed by atoms with Crippen LogP contribution in [0, 0.1) is 0 Å². The lowest BCUT2D eigenvalue weighted by Gasteiger charge is -2.34. The smallest absolute Gasteiger partial charge is 0.410 e. The van der Waals surface area contributed by atoms with Crippen LogP contribution in [0.1, 0.15) is 44.1 Å². The molecule has 0 spiro atoms. The van der Waals surface area contributed by atoms with Gasteiger partial charge in [0.2, 0.25) is 0 Å². The zero-order valence-corrected chi connectivity index (χ0v) is 21.2. The number of hydrogen-bond acceptors (Lipinski definition) is 8. The van der Waals surface area contributed by atoms with E-state index in [1.165, 1.54) is 16.8 Å². The van der Waals surface area contributed by atoms with E-state index in [4.69, 9.17) is 4.74 Å². The molecule has 0 aliphatic carbocycles. The van der Waals surface area contributed by atoms with Crippen molar-refractivity contribution in [2.45, 2.75) is 50.3 Å². The van der Waals surface area contributed by atoms with Gasteiger partial charge in [-0.1, -0.05) is 0 Å². The number of fused-ring (bicyclic) bond motifs is 1. The van der Waals surface area contributed by atoms with Crippen LogP contribution in [-0.2, 0) is 21.6 Å². The number of carbonyl (C=O) groups excluding carboxylic acids is 2. The van der Waals surface area contributed by atoms with Gasteiger partial charge in [-0.2, -0.15) is 5.10 Å². The van der Waals surface area contributed by atoms with Gasteiger partial charge in [-0.3, -0.25) is 13.9 Å². The summed E-state index contributed by atoms with van der Waals surface area (Å²) in [6, 6.07) is -0.330. The normalized spacial score (nSPS) is 16.9. The molecule has 3 aromatic heterocycles. The van der Waals surface area contributed by atoms with Crippen LogP contribution >= 0.6 is 0 Å². The van der Waals surface area contributed by atoms with Crippen LogP contribution in [-0.4, -0.2) is 80.5 Å². The molecule has 1 unspecified atom stereocenters. The van der Waals surface area contributed by atoms with Gasteiger partial charge in [0, 0.05) is 50.4 Å². The molecule has 1 atom stereocenters. The Bertz CT molecular complexity index is 1390. The first kappa shape index (κ1) is 24.6. The lowest BCUT2D eigenvalue weighted by molar-refractivity contribution is 0.0185. The third kappa shape index (κ3) is 5.45. The van der Waals surface area contributed by atoms with Gasteiger partial charge >= 0.3 is 6.09 Å². The van der Waals surface area contributed by atoms with E-state index in [1.54, 1.807) is 49.8 Å². The summed E-state index contributed by atoms with van der Waals surface area (Å²) < 4.78 is 33.5. The van der Waals surface area contributed by atoms with Gasteiger partial charge < -0.3 is 15.0 Å². The molecule has 1 aliphatic rings. The van der Waals surface area contributed by atoms with Gasteiger partial charge in [-0.05, 0) is 33.6 Å². The van der Waals surface area contributed by atoms with Crippen molar-refractivity contribution in [3.05, 3.63) is 30.5 Å². The third-order valence-electron chi connectivity index (χ3n) is 5.45. The number of sulfone groups is 1. The molecule has 12 nitrogen and oxygen atoms in total. The van der Waals surface area contributed by atoms with Gasteiger partial charge in [0.05, 0.1) is 18.1 Å². The fourth-order valence-electron chi connectivity index (χ4n) is 3.93. The Kier molecular flexibility index (Phi) is 6.30. The highest BCUT2D eigenvalue weighted by Crippen LogP contribution is 2.24. The number of imidazole rings is 1. The standard InChI is InChI=1S/C22H29N7O5S/c1-22(2,3)34-21(31)28-8-6-7-15(12-28)25-19(30)16-13-29-17(14-9-24-27(4)11-14)10-23-18(29)20(26-16)35(5,32)33/h9-11,13,15H,6-8,12H2,1-5H3,(H,25,30). The molecule has 35 heavy (non-hydrogen) atoms. The highest BCUT2D eigenvalue weighted by Gasteiger charge is 2.29. The Morgan fingerprint density at radius 2 is 1.94 bits per heavy atom. The molecule has 0 saturated carbocycles. The first-order valence-electron chi connectivity index (χ1n) is 11.2. The maximum absolute atomic E-state index is 13.2. The van der Waals surface area contributed by atoms with Crippen LogP contribution in [0.15, 0.2) is 29.8 Å². The average molecular weight is 504 g/mol. The molecule has 1 fully saturated rings. The van der Waals surface area contributed by atoms with Crippen molar-refractivity contribution in [2.75, 3.05) is 19.3 Å². The number of likely N-dealkylation sites (tertiary alicyclic amines) is 1. The van der Waals surface area contributed by atoms with E-state index in [1.807, 2.05) is 0 Å². The predicted octanol–water partition coefficient (Wildman–Crippen LogP) is 1.66. The Labute approximate surface area is 203 Å². The van der Waals surface area contributed by atoms with Crippen molar-refractivity contribution in [1.82, 2.24) is 34.4 Å². The van der Waals surface area contributed by atoms with E-state index in [2.05, 4.69) is 20.4 Å². The van der Waals surface area contributed by atoms with Crippen LogP contribution in [0.2, 0.25) is 0 Å². The Morgan fingerprint density at radius 1 is 1.20 bits per heavy atom. The molecule has 4 heterocycles. The molecule has 1 N–H and O–H groups in total. The summed E-state index contributed by atoms with van der Waals surface area (Å²) in [4.78, 5) is 35.6. The lowest BCUT2D eigenvalue weighted by Crippen LogP contribution is -2.50. The summed E-state index contributed by atoms with van der Waals surface area (Å²) in [6.07, 6.45) is 8.31. The number of amides is 2. The van der Waals surface area contributed by atoms with Crippen LogP contribution in [0.3, 0.4) is 0 Å². The van der Waals surface area contributed by atoms with E-state index in [9.17, 15) is 18.0 Å². The number of aromatic nitrogens is 5. The van der Waals surface area contributed by atoms with E-state index in [0.29, 0.717) is 30.6 Å². The number of aryl methyl sites for hydroxylation is 1. The predicted molar refractivity (Wildman–Crippen MR) is 127 cm³/mol. The maximum Gasteiger partial charge on any atom is 0.410 e. The van der Waals surface area contributed by atoms with E-state index >= 15 is 0 Å². The van der Waals surface area contributed by atoms with Crippen molar-refractivity contribution in [1.29, 1.82) is 0 Å². The first-order valence-corrected chi connectivity index (χ1v) is 13.1. The number of hydrogen-bond donors (Lipinski definition) is 1. The van der Waals surface area contributed by atoms with Gasteiger partial charge in [0.15, 0.2) is 20.5 Å². The van der Waals surface area contributed by atoms with Crippen molar-refractivity contribution < 1.29 is 22.7 Å². The molecule has 1 saturated heterocycles. The number of nitrogens with zero attached hydrogens (tertiary/aromatic N) is 6. The molecule has 0 bridgehead atoms. The van der Waals surface area contributed by atoms with Gasteiger partial charge in [-0.25, -0.2) is 23.2 Å². The number of piperidine rings is 1. The molecule has 0 radical (unpaired) electrons. The van der Waals surface area contributed by atoms with Crippen molar-refractivity contribution >= 4 is 27.5 Å². The molecular weight excluding hydrogens is 474 g/mol. The molecule has 188 valence electrons. The quantitative estimate of drug-likeness (QED) is 0.567. The number of ether oxygens (including phenoxy) is 1. The summed E-state index contributed by atoms with van der Waals surface area (Å²) >= 11 is 0. The maximum atomic E-state index is 13.2. The topological polar surface area (TPSA) is 141 Å². The van der Waals surface area contributed by atoms with E-state index in [-0.39, 0.29) is 29.0 Å². The molecule has 2 amide bonds. The second kappa shape index (κ2) is 8.95. The summed E-state index contributed by atoms with van der Waals surface area (Å²) in [7, 11) is -2.02. The van der Waals surface area contributed by atoms with E-state index in [0.717, 1.165) is 6.26 Å². The van der Waals surface area contributed by atoms with Crippen LogP contribution < -0.4 is 5.32 Å². The first-order chi connectivity index (χ1) is 16.3. The van der Waals surface area contributed by atoms with Crippen LogP contribution in [0.25, 0.3) is 16.9 Å². The Balaban J connectivity index is 1.62. The lowest BCUT2D eigenvalue weighted by atomic mass is 10.1. The summed E-state index contributed by atoms with van der Waals surface area (Å²) in [6.45, 7) is 6.21.